The van der Waals surface area contributed by atoms with Gasteiger partial charge >= 0.3 is 0 Å². The average Bonchev–Trinajstić information content (AvgIpc) is 3.38. The van der Waals surface area contributed by atoms with Crippen molar-refractivity contribution in [2.75, 3.05) is 11.4 Å². The van der Waals surface area contributed by atoms with Crippen LogP contribution in [0.15, 0.2) is 30.9 Å². The molecule has 1 fully saturated rings. The van der Waals surface area contributed by atoms with Gasteiger partial charge in [-0.05, 0) is 50.3 Å². The Morgan fingerprint density at radius 2 is 2.03 bits per heavy atom. The molecule has 1 aromatic carbocycles. The number of carbonyl (C=O) groups excluding carboxylic acids is 1. The van der Waals surface area contributed by atoms with E-state index in [4.69, 9.17) is 4.98 Å². The van der Waals surface area contributed by atoms with Crippen molar-refractivity contribution in [1.82, 2.24) is 14.5 Å². The molecule has 0 spiro atoms. The van der Waals surface area contributed by atoms with Gasteiger partial charge in [-0.25, -0.2) is 9.97 Å². The lowest BCUT2D eigenvalue weighted by atomic mass is 9.88. The highest BCUT2D eigenvalue weighted by Gasteiger charge is 2.28. The Kier molecular flexibility index (Phi) is 7.30. The molecule has 1 saturated carbocycles. The molecule has 0 saturated heterocycles. The van der Waals surface area contributed by atoms with E-state index in [0.717, 1.165) is 54.0 Å². The van der Waals surface area contributed by atoms with Gasteiger partial charge in [0.2, 0.25) is 5.91 Å². The van der Waals surface area contributed by atoms with E-state index in [1.165, 1.54) is 17.5 Å². The number of halogens is 1. The lowest BCUT2D eigenvalue weighted by Crippen LogP contribution is -2.38. The third-order valence-electron chi connectivity index (χ3n) is 5.88. The Balaban J connectivity index is 0.00000240. The number of benzene rings is 1. The smallest absolute Gasteiger partial charge is 0.231 e. The van der Waals surface area contributed by atoms with Gasteiger partial charge in [0.05, 0.1) is 16.5 Å². The van der Waals surface area contributed by atoms with Crippen LogP contribution in [-0.2, 0) is 11.3 Å². The lowest BCUT2D eigenvalue weighted by molar-refractivity contribution is -0.123. The molecule has 2 heterocycles. The van der Waals surface area contributed by atoms with Crippen LogP contribution < -0.4 is 4.90 Å². The summed E-state index contributed by atoms with van der Waals surface area (Å²) in [6.07, 6.45) is 12.1. The Labute approximate surface area is 182 Å². The van der Waals surface area contributed by atoms with Gasteiger partial charge < -0.3 is 4.57 Å². The molecule has 29 heavy (non-hydrogen) atoms. The number of hydrogen-bond donors (Lipinski definition) is 0. The van der Waals surface area contributed by atoms with Gasteiger partial charge in [0.25, 0.3) is 0 Å². The molecule has 0 bridgehead atoms. The fraction of sp³-hybridized carbons (Fsp3) is 0.500. The van der Waals surface area contributed by atoms with Crippen molar-refractivity contribution in [3.05, 3.63) is 42.0 Å². The predicted octanol–water partition coefficient (Wildman–Crippen LogP) is 5.54. The molecule has 0 atom stereocenters. The molecule has 4 rings (SSSR count). The van der Waals surface area contributed by atoms with Crippen molar-refractivity contribution in [2.24, 2.45) is 5.92 Å². The fourth-order valence-electron chi connectivity index (χ4n) is 4.03. The van der Waals surface area contributed by atoms with Crippen LogP contribution in [0.1, 0.15) is 49.7 Å². The first-order chi connectivity index (χ1) is 13.6. The first kappa shape index (κ1) is 21.8. The van der Waals surface area contributed by atoms with E-state index >= 15 is 0 Å². The molecule has 0 unspecified atom stereocenters. The zero-order valence-electron chi connectivity index (χ0n) is 17.1. The molecule has 156 valence electrons. The highest BCUT2D eigenvalue weighted by Crippen LogP contribution is 2.34. The largest absolute Gasteiger partial charge is 0.337 e. The monoisotopic (exact) mass is 432 g/mol. The van der Waals surface area contributed by atoms with Crippen molar-refractivity contribution in [2.45, 2.75) is 58.9 Å². The second kappa shape index (κ2) is 9.72. The molecule has 1 aliphatic rings. The quantitative estimate of drug-likeness (QED) is 0.514. The van der Waals surface area contributed by atoms with E-state index in [2.05, 4.69) is 35.5 Å². The number of thiazole rings is 1. The number of fused-ring (bicyclic) bond motifs is 1. The van der Waals surface area contributed by atoms with Crippen LogP contribution in [0.2, 0.25) is 0 Å². The maximum Gasteiger partial charge on any atom is 0.231 e. The van der Waals surface area contributed by atoms with E-state index in [9.17, 15) is 4.79 Å². The lowest BCUT2D eigenvalue weighted by Gasteiger charge is -2.27. The summed E-state index contributed by atoms with van der Waals surface area (Å²) < 4.78 is 3.23. The van der Waals surface area contributed by atoms with Gasteiger partial charge in [0, 0.05) is 31.4 Å². The molecule has 7 heteroatoms. The number of imidazole rings is 1. The summed E-state index contributed by atoms with van der Waals surface area (Å²) in [5.74, 6) is 0.413. The number of carbonyl (C=O) groups is 1. The normalized spacial score (nSPS) is 14.7. The number of nitrogens with zero attached hydrogens (tertiary/aromatic N) is 4. The van der Waals surface area contributed by atoms with Gasteiger partial charge in [0.1, 0.15) is 0 Å². The first-order valence-electron chi connectivity index (χ1n) is 10.3. The maximum atomic E-state index is 13.4. The van der Waals surface area contributed by atoms with Gasteiger partial charge in [-0.15, -0.1) is 12.4 Å². The second-order valence-corrected chi connectivity index (χ2v) is 8.84. The van der Waals surface area contributed by atoms with Crippen molar-refractivity contribution >= 4 is 45.0 Å². The van der Waals surface area contributed by atoms with Gasteiger partial charge in [0.15, 0.2) is 5.13 Å². The number of aromatic nitrogens is 3. The Morgan fingerprint density at radius 3 is 2.76 bits per heavy atom. The van der Waals surface area contributed by atoms with Crippen LogP contribution in [0.5, 0.6) is 0 Å². The van der Waals surface area contributed by atoms with Crippen LogP contribution in [0.25, 0.3) is 10.2 Å². The van der Waals surface area contributed by atoms with Gasteiger partial charge in [-0.3, -0.25) is 9.69 Å². The molecule has 2 aromatic heterocycles. The molecular weight excluding hydrogens is 404 g/mol. The van der Waals surface area contributed by atoms with Crippen LogP contribution in [-0.4, -0.2) is 27.0 Å². The summed E-state index contributed by atoms with van der Waals surface area (Å²) in [5.41, 5.74) is 3.49. The topological polar surface area (TPSA) is 51.0 Å². The molecule has 0 radical (unpaired) electrons. The van der Waals surface area contributed by atoms with Crippen LogP contribution >= 0.6 is 23.7 Å². The number of aryl methyl sites for hydroxylation is 3. The minimum absolute atomic E-state index is 0. The minimum Gasteiger partial charge on any atom is -0.337 e. The first-order valence-corrected chi connectivity index (χ1v) is 11.1. The molecule has 1 amide bonds. The number of hydrogen-bond acceptors (Lipinski definition) is 4. The van der Waals surface area contributed by atoms with Crippen molar-refractivity contribution in [3.8, 4) is 0 Å². The van der Waals surface area contributed by atoms with Crippen LogP contribution in [0.3, 0.4) is 0 Å². The summed E-state index contributed by atoms with van der Waals surface area (Å²) in [5, 5.41) is 0.852. The highest BCUT2D eigenvalue weighted by atomic mass is 35.5. The second-order valence-electron chi connectivity index (χ2n) is 7.83. The minimum atomic E-state index is 0. The molecule has 0 aliphatic heterocycles. The zero-order valence-corrected chi connectivity index (χ0v) is 18.8. The summed E-state index contributed by atoms with van der Waals surface area (Å²) in [6, 6.07) is 4.28. The fourth-order valence-corrected chi connectivity index (χ4v) is 5.09. The van der Waals surface area contributed by atoms with Gasteiger partial charge in [-0.2, -0.15) is 0 Å². The van der Waals surface area contributed by atoms with E-state index in [0.29, 0.717) is 6.54 Å². The highest BCUT2D eigenvalue weighted by molar-refractivity contribution is 7.22. The molecule has 0 N–H and O–H groups in total. The van der Waals surface area contributed by atoms with Gasteiger partial charge in [-0.1, -0.05) is 36.7 Å². The van der Waals surface area contributed by atoms with Crippen LogP contribution in [0.4, 0.5) is 5.13 Å². The third-order valence-corrected chi connectivity index (χ3v) is 6.93. The van der Waals surface area contributed by atoms with E-state index in [1.54, 1.807) is 17.5 Å². The molecule has 3 aromatic rings. The average molecular weight is 433 g/mol. The Morgan fingerprint density at radius 1 is 1.24 bits per heavy atom. The summed E-state index contributed by atoms with van der Waals surface area (Å²) in [7, 11) is 0. The SMILES string of the molecule is Cc1ccc2sc(N(CCCn3ccnc3)C(=O)C3CCCCC3)nc2c1C.Cl. The van der Waals surface area contributed by atoms with Crippen LogP contribution in [0, 0.1) is 19.8 Å². The summed E-state index contributed by atoms with van der Waals surface area (Å²) in [6.45, 7) is 5.79. The Bertz CT molecular complexity index is 947. The number of amides is 1. The third kappa shape index (κ3) is 4.81. The summed E-state index contributed by atoms with van der Waals surface area (Å²) in [4.78, 5) is 24.4. The number of anilines is 1. The summed E-state index contributed by atoms with van der Waals surface area (Å²) >= 11 is 1.64. The maximum absolute atomic E-state index is 13.4. The molecular formula is C22H29ClN4OS. The zero-order chi connectivity index (χ0) is 19.5. The van der Waals surface area contributed by atoms with Crippen molar-refractivity contribution in [1.29, 1.82) is 0 Å². The molecule has 5 nitrogen and oxygen atoms in total. The van der Waals surface area contributed by atoms with Crippen molar-refractivity contribution in [3.63, 3.8) is 0 Å². The predicted molar refractivity (Wildman–Crippen MR) is 122 cm³/mol. The molecule has 1 aliphatic carbocycles. The van der Waals surface area contributed by atoms with E-state index < -0.39 is 0 Å². The van der Waals surface area contributed by atoms with E-state index in [-0.39, 0.29) is 24.2 Å². The van der Waals surface area contributed by atoms with E-state index in [1.807, 2.05) is 17.4 Å². The Hall–Kier alpha value is -1.92. The standard InChI is InChI=1S/C22H28N4OS.ClH/c1-16-9-10-19-20(17(16)2)24-22(28-19)26(13-6-12-25-14-11-23-15-25)21(27)18-7-4-3-5-8-18;/h9-11,14-15,18H,3-8,12-13H2,1-2H3;1H. The number of rotatable bonds is 6. The van der Waals surface area contributed by atoms with Crippen molar-refractivity contribution < 1.29 is 4.79 Å².